The molecule has 1 atom stereocenters. The fraction of sp³-hybridized carbons (Fsp3) is 0.442. The maximum Gasteiger partial charge on any atom is 0.417 e. The van der Waals surface area contributed by atoms with Crippen molar-refractivity contribution in [3.8, 4) is 22.5 Å². The Balaban J connectivity index is 1.13. The van der Waals surface area contributed by atoms with Gasteiger partial charge in [-0.1, -0.05) is 30.3 Å². The molecule has 16 nitrogen and oxygen atoms in total. The molecule has 2 aliphatic rings. The topological polar surface area (TPSA) is 221 Å². The molecule has 1 saturated heterocycles. The third-order valence-corrected chi connectivity index (χ3v) is 10.9. The number of aromatic nitrogens is 4. The number of tetrazole rings is 1. The van der Waals surface area contributed by atoms with Crippen molar-refractivity contribution in [2.24, 2.45) is 11.8 Å². The first-order valence-electron chi connectivity index (χ1n) is 20.4. The number of hydrogen-bond acceptors (Lipinski definition) is 9. The van der Waals surface area contributed by atoms with Crippen LogP contribution in [0.4, 0.5) is 28.4 Å². The molecule has 1 aliphatic carbocycles. The molecule has 0 spiro atoms. The number of piperidine rings is 1. The number of amides is 5. The number of aromatic amines is 1. The highest BCUT2D eigenvalue weighted by Crippen LogP contribution is 2.36. The molecular weight excluding hydrogens is 812 g/mol. The van der Waals surface area contributed by atoms with E-state index in [4.69, 9.17) is 4.74 Å². The Labute approximate surface area is 355 Å². The van der Waals surface area contributed by atoms with Crippen LogP contribution in [0.5, 0.6) is 0 Å². The quantitative estimate of drug-likeness (QED) is 0.0918. The Kier molecular flexibility index (Phi) is 14.1. The molecule has 330 valence electrons. The average Bonchev–Trinajstić information content (AvgIpc) is 3.78. The third kappa shape index (κ3) is 12.3. The van der Waals surface area contributed by atoms with Gasteiger partial charge in [0.2, 0.25) is 17.6 Å². The Morgan fingerprint density at radius 1 is 0.871 bits per heavy atom. The lowest BCUT2D eigenvalue weighted by atomic mass is 9.81. The lowest BCUT2D eigenvalue weighted by molar-refractivity contribution is -0.138. The van der Waals surface area contributed by atoms with Crippen LogP contribution >= 0.6 is 0 Å². The second kappa shape index (κ2) is 19.5. The minimum Gasteiger partial charge on any atom is -0.465 e. The van der Waals surface area contributed by atoms with Crippen LogP contribution in [0.15, 0.2) is 66.7 Å². The number of H-pyrrole nitrogens is 1. The van der Waals surface area contributed by atoms with Gasteiger partial charge in [0.1, 0.15) is 11.6 Å². The molecule has 6 rings (SSSR count). The summed E-state index contributed by atoms with van der Waals surface area (Å²) < 4.78 is 48.4. The first kappa shape index (κ1) is 45.0. The fourth-order valence-corrected chi connectivity index (χ4v) is 7.59. The zero-order valence-electron chi connectivity index (χ0n) is 34.6. The third-order valence-electron chi connectivity index (χ3n) is 10.9. The summed E-state index contributed by atoms with van der Waals surface area (Å²) >= 11 is 0. The van der Waals surface area contributed by atoms with E-state index in [0.29, 0.717) is 60.4 Å². The number of carbonyl (C=O) groups is 5. The van der Waals surface area contributed by atoms with E-state index in [1.54, 1.807) is 69.3 Å². The summed E-state index contributed by atoms with van der Waals surface area (Å²) in [6, 6.07) is 15.3. The van der Waals surface area contributed by atoms with E-state index in [1.807, 2.05) is 0 Å². The second-order valence-electron chi connectivity index (χ2n) is 16.6. The van der Waals surface area contributed by atoms with Crippen LogP contribution < -0.4 is 21.3 Å². The Bertz CT molecular complexity index is 2200. The number of rotatable bonds is 12. The fourth-order valence-electron chi connectivity index (χ4n) is 7.59. The van der Waals surface area contributed by atoms with Gasteiger partial charge in [0, 0.05) is 49.3 Å². The largest absolute Gasteiger partial charge is 0.465 e. The van der Waals surface area contributed by atoms with Gasteiger partial charge in [-0.05, 0) is 124 Å². The van der Waals surface area contributed by atoms with Crippen molar-refractivity contribution >= 4 is 35.6 Å². The van der Waals surface area contributed by atoms with E-state index < -0.39 is 59.0 Å². The van der Waals surface area contributed by atoms with E-state index >= 15 is 0 Å². The summed E-state index contributed by atoms with van der Waals surface area (Å²) in [7, 11) is 0. The highest BCUT2D eigenvalue weighted by molar-refractivity contribution is 5.98. The molecule has 6 N–H and O–H groups in total. The second-order valence-corrected chi connectivity index (χ2v) is 16.6. The predicted molar refractivity (Wildman–Crippen MR) is 221 cm³/mol. The number of benzene rings is 3. The number of carboxylic acid groups (broad SMARTS) is 1. The molecule has 0 unspecified atom stereocenters. The van der Waals surface area contributed by atoms with Gasteiger partial charge in [-0.3, -0.25) is 14.4 Å². The van der Waals surface area contributed by atoms with Gasteiger partial charge >= 0.3 is 18.4 Å². The molecule has 1 aliphatic heterocycles. The van der Waals surface area contributed by atoms with Gasteiger partial charge < -0.3 is 36.0 Å². The first-order chi connectivity index (χ1) is 29.4. The molecule has 5 amide bonds. The number of nitrogens with zero attached hydrogens (tertiary/aromatic N) is 4. The molecule has 3 aromatic carbocycles. The SMILES string of the molecule is CC(C)(C)OC(=O)NC[C@H]1CC[C@H](C(=O)N[C@@H](Cc2ccc(-c3ccc(C(=O)NC4CCN(C(=O)O)CC4)c(C(F)(F)F)c3)cc2)C(=O)Nc2ccc(-c3nn[nH]n3)cc2)CC1. The van der Waals surface area contributed by atoms with Gasteiger partial charge in [0.25, 0.3) is 5.91 Å². The molecule has 0 radical (unpaired) electrons. The van der Waals surface area contributed by atoms with Crippen molar-refractivity contribution in [3.63, 3.8) is 0 Å². The van der Waals surface area contributed by atoms with Crippen LogP contribution in [0, 0.1) is 11.8 Å². The van der Waals surface area contributed by atoms with Crippen molar-refractivity contribution in [1.29, 1.82) is 0 Å². The van der Waals surface area contributed by atoms with Crippen molar-refractivity contribution < 1.29 is 47.0 Å². The summed E-state index contributed by atoms with van der Waals surface area (Å²) in [6.45, 7) is 6.10. The summed E-state index contributed by atoms with van der Waals surface area (Å²) in [6.07, 6.45) is -3.33. The van der Waals surface area contributed by atoms with Gasteiger partial charge in [-0.25, -0.2) is 9.59 Å². The molecule has 4 aromatic rings. The average molecular weight is 862 g/mol. The predicted octanol–water partition coefficient (Wildman–Crippen LogP) is 6.42. The normalized spacial score (nSPS) is 17.7. The minimum absolute atomic E-state index is 0.0618. The van der Waals surface area contributed by atoms with Gasteiger partial charge in [-0.2, -0.15) is 18.4 Å². The van der Waals surface area contributed by atoms with Crippen LogP contribution in [0.2, 0.25) is 0 Å². The summed E-state index contributed by atoms with van der Waals surface area (Å²) in [5.74, 6) is -1.50. The van der Waals surface area contributed by atoms with Gasteiger partial charge in [0.15, 0.2) is 0 Å². The monoisotopic (exact) mass is 861 g/mol. The lowest BCUT2D eigenvalue weighted by Crippen LogP contribution is -2.48. The van der Waals surface area contributed by atoms with Crippen LogP contribution in [-0.4, -0.2) is 97.9 Å². The number of alkyl halides is 3. The molecule has 0 bridgehead atoms. The number of alkyl carbamates (subject to hydrolysis) is 1. The molecular formula is C43H50F3N9O7. The van der Waals surface area contributed by atoms with Crippen LogP contribution in [0.3, 0.4) is 0 Å². The Hall–Kier alpha value is -6.53. The first-order valence-corrected chi connectivity index (χ1v) is 20.4. The number of anilines is 1. The van der Waals surface area contributed by atoms with Gasteiger partial charge in [-0.15, -0.1) is 10.2 Å². The highest BCUT2D eigenvalue weighted by atomic mass is 19.4. The molecule has 1 aromatic heterocycles. The molecule has 1 saturated carbocycles. The van der Waals surface area contributed by atoms with E-state index in [0.717, 1.165) is 12.1 Å². The Morgan fingerprint density at radius 3 is 2.11 bits per heavy atom. The van der Waals surface area contributed by atoms with E-state index in [9.17, 15) is 42.3 Å². The van der Waals surface area contributed by atoms with E-state index in [-0.39, 0.29) is 55.7 Å². The number of hydrogen-bond donors (Lipinski definition) is 6. The van der Waals surface area contributed by atoms with Crippen LogP contribution in [0.25, 0.3) is 22.5 Å². The van der Waals surface area contributed by atoms with Crippen molar-refractivity contribution in [2.45, 2.75) is 89.6 Å². The summed E-state index contributed by atoms with van der Waals surface area (Å²) in [5.41, 5.74) is 0.0988. The number of carbonyl (C=O) groups excluding carboxylic acids is 4. The molecule has 2 fully saturated rings. The smallest absolute Gasteiger partial charge is 0.417 e. The molecule has 19 heteroatoms. The lowest BCUT2D eigenvalue weighted by Gasteiger charge is -2.30. The van der Waals surface area contributed by atoms with Crippen LogP contribution in [-0.2, 0) is 26.9 Å². The van der Waals surface area contributed by atoms with E-state index in [1.165, 1.54) is 11.0 Å². The van der Waals surface area contributed by atoms with Crippen molar-refractivity contribution in [2.75, 3.05) is 25.0 Å². The maximum atomic E-state index is 14.4. The number of ether oxygens (including phenoxy) is 1. The number of nitrogens with one attached hydrogen (secondary N) is 5. The number of halogens is 3. The number of likely N-dealkylation sites (tertiary alicyclic amines) is 1. The summed E-state index contributed by atoms with van der Waals surface area (Å²) in [5, 5.41) is 34.3. The van der Waals surface area contributed by atoms with E-state index in [2.05, 4.69) is 41.9 Å². The van der Waals surface area contributed by atoms with Gasteiger partial charge in [0.05, 0.1) is 11.1 Å². The highest BCUT2D eigenvalue weighted by Gasteiger charge is 2.37. The zero-order valence-corrected chi connectivity index (χ0v) is 34.6. The minimum atomic E-state index is -4.85. The zero-order chi connectivity index (χ0) is 44.6. The summed E-state index contributed by atoms with van der Waals surface area (Å²) in [4.78, 5) is 65.2. The Morgan fingerprint density at radius 2 is 1.52 bits per heavy atom. The van der Waals surface area contributed by atoms with Crippen LogP contribution in [0.1, 0.15) is 80.8 Å². The standard InChI is InChI=1S/C43H50F3N9O7/c1-42(2,3)62-40(59)47-24-26-6-10-29(11-7-26)37(56)50-35(39(58)49-31-15-12-28(13-16-31)36-51-53-54-52-36)22-25-4-8-27(9-5-25)30-14-17-33(34(23-30)43(44,45)46)38(57)48-32-18-20-55(21-19-32)41(60)61/h4-5,8-9,12-17,23,26,29,32,35H,6-7,10-11,18-22,24H2,1-3H3,(H,47,59)(H,48,57)(H,49,58)(H,50,56)(H,60,61)(H,51,52,53,54)/t26-,29-,35-/m0/s1. The van der Waals surface area contributed by atoms with Crippen molar-refractivity contribution in [3.05, 3.63) is 83.4 Å². The maximum absolute atomic E-state index is 14.4. The molecule has 2 heterocycles. The van der Waals surface area contributed by atoms with Crippen molar-refractivity contribution in [1.82, 2.24) is 41.5 Å². The molecule has 62 heavy (non-hydrogen) atoms.